The van der Waals surface area contributed by atoms with Crippen LogP contribution < -0.4 is 4.72 Å². The molecule has 0 saturated heterocycles. The third-order valence-electron chi connectivity index (χ3n) is 3.48. The first-order valence-corrected chi connectivity index (χ1v) is 8.81. The Kier molecular flexibility index (Phi) is 4.39. The molecule has 132 valence electrons. The van der Waals surface area contributed by atoms with Gasteiger partial charge < -0.3 is 9.05 Å². The Labute approximate surface area is 143 Å². The van der Waals surface area contributed by atoms with Crippen molar-refractivity contribution in [3.63, 3.8) is 0 Å². The van der Waals surface area contributed by atoms with Gasteiger partial charge in [0.05, 0.1) is 6.04 Å². The molecule has 0 fully saturated rings. The average molecular weight is 366 g/mol. The topological polar surface area (TPSA) is 111 Å². The Balaban J connectivity index is 1.82. The van der Waals surface area contributed by atoms with Gasteiger partial charge in [-0.05, 0) is 45.0 Å². The zero-order chi connectivity index (χ0) is 18.2. The van der Waals surface area contributed by atoms with Gasteiger partial charge in [-0.2, -0.15) is 9.71 Å². The Morgan fingerprint density at radius 2 is 1.80 bits per heavy atom. The van der Waals surface area contributed by atoms with Crippen LogP contribution in [-0.4, -0.2) is 23.7 Å². The molecule has 0 radical (unpaired) electrons. The number of rotatable bonds is 5. The third-order valence-corrected chi connectivity index (χ3v) is 5.27. The molecule has 0 amide bonds. The summed E-state index contributed by atoms with van der Waals surface area (Å²) in [5.74, 6) is 0.121. The standard InChI is InChI=1S/C15H15FN4O4S/c1-8-13(10(3)23-18-8)25(21,22)20-9(2)15-17-14(19-24-15)11-4-6-12(16)7-5-11/h4-7,9,20H,1-3H3. The molecule has 1 aromatic carbocycles. The quantitative estimate of drug-likeness (QED) is 0.738. The number of hydrogen-bond acceptors (Lipinski definition) is 7. The van der Waals surface area contributed by atoms with Crippen molar-refractivity contribution < 1.29 is 21.9 Å². The molecule has 1 atom stereocenters. The second-order valence-electron chi connectivity index (χ2n) is 5.46. The normalized spacial score (nSPS) is 13.1. The van der Waals surface area contributed by atoms with Gasteiger partial charge >= 0.3 is 0 Å². The highest BCUT2D eigenvalue weighted by atomic mass is 32.2. The zero-order valence-corrected chi connectivity index (χ0v) is 14.5. The predicted octanol–water partition coefficient (Wildman–Crippen LogP) is 2.52. The minimum Gasteiger partial charge on any atom is -0.360 e. The van der Waals surface area contributed by atoms with Gasteiger partial charge in [-0.15, -0.1) is 0 Å². The molecule has 2 heterocycles. The lowest BCUT2D eigenvalue weighted by Crippen LogP contribution is -2.27. The van der Waals surface area contributed by atoms with Gasteiger partial charge in [-0.25, -0.2) is 12.8 Å². The number of halogens is 1. The Morgan fingerprint density at radius 3 is 2.40 bits per heavy atom. The van der Waals surface area contributed by atoms with E-state index in [1.165, 1.54) is 38.1 Å². The van der Waals surface area contributed by atoms with E-state index in [0.29, 0.717) is 5.56 Å². The lowest BCUT2D eigenvalue weighted by molar-refractivity contribution is 0.353. The van der Waals surface area contributed by atoms with Crippen LogP contribution in [0.25, 0.3) is 11.4 Å². The fourth-order valence-corrected chi connectivity index (χ4v) is 3.85. The number of nitrogens with one attached hydrogen (secondary N) is 1. The molecule has 0 bridgehead atoms. The first kappa shape index (κ1) is 17.2. The van der Waals surface area contributed by atoms with Crippen molar-refractivity contribution in [3.05, 3.63) is 47.4 Å². The maximum absolute atomic E-state index is 13.0. The van der Waals surface area contributed by atoms with E-state index in [2.05, 4.69) is 20.0 Å². The van der Waals surface area contributed by atoms with Crippen LogP contribution >= 0.6 is 0 Å². The molecule has 0 spiro atoms. The van der Waals surface area contributed by atoms with Gasteiger partial charge in [-0.3, -0.25) is 0 Å². The van der Waals surface area contributed by atoms with Crippen LogP contribution in [0.4, 0.5) is 4.39 Å². The van der Waals surface area contributed by atoms with Gasteiger partial charge in [0.2, 0.25) is 21.7 Å². The van der Waals surface area contributed by atoms with Crippen molar-refractivity contribution in [2.75, 3.05) is 0 Å². The second kappa shape index (κ2) is 6.37. The molecular formula is C15H15FN4O4S. The Morgan fingerprint density at radius 1 is 1.12 bits per heavy atom. The van der Waals surface area contributed by atoms with Gasteiger partial charge in [-0.1, -0.05) is 10.3 Å². The molecule has 0 saturated carbocycles. The van der Waals surface area contributed by atoms with Crippen LogP contribution in [0.3, 0.4) is 0 Å². The molecule has 3 aromatic rings. The van der Waals surface area contributed by atoms with Crippen molar-refractivity contribution >= 4 is 10.0 Å². The van der Waals surface area contributed by atoms with Crippen LogP contribution in [0.1, 0.15) is 30.3 Å². The first-order valence-electron chi connectivity index (χ1n) is 7.32. The van der Waals surface area contributed by atoms with Gasteiger partial charge in [0, 0.05) is 5.56 Å². The summed E-state index contributed by atoms with van der Waals surface area (Å²) in [6.45, 7) is 4.62. The van der Waals surface area contributed by atoms with Gasteiger partial charge in [0.1, 0.15) is 16.4 Å². The van der Waals surface area contributed by atoms with E-state index < -0.39 is 16.1 Å². The third kappa shape index (κ3) is 3.44. The number of aryl methyl sites for hydroxylation is 2. The summed E-state index contributed by atoms with van der Waals surface area (Å²) < 4.78 is 50.4. The summed E-state index contributed by atoms with van der Waals surface area (Å²) in [6, 6.07) is 4.77. The summed E-state index contributed by atoms with van der Waals surface area (Å²) in [4.78, 5) is 4.14. The van der Waals surface area contributed by atoms with Crippen molar-refractivity contribution in [2.45, 2.75) is 31.7 Å². The molecule has 1 N–H and O–H groups in total. The summed E-state index contributed by atoms with van der Waals surface area (Å²) in [5.41, 5.74) is 0.812. The molecule has 2 aromatic heterocycles. The van der Waals surface area contributed by atoms with Crippen molar-refractivity contribution in [2.24, 2.45) is 0 Å². The average Bonchev–Trinajstić information content (AvgIpc) is 3.15. The predicted molar refractivity (Wildman–Crippen MR) is 84.4 cm³/mol. The van der Waals surface area contributed by atoms with E-state index in [4.69, 9.17) is 9.05 Å². The molecule has 1 unspecified atom stereocenters. The second-order valence-corrected chi connectivity index (χ2v) is 7.11. The fourth-order valence-electron chi connectivity index (χ4n) is 2.33. The Bertz CT molecular complexity index is 975. The van der Waals surface area contributed by atoms with E-state index in [1.807, 2.05) is 0 Å². The monoisotopic (exact) mass is 366 g/mol. The van der Waals surface area contributed by atoms with E-state index in [1.54, 1.807) is 6.92 Å². The summed E-state index contributed by atoms with van der Waals surface area (Å²) in [7, 11) is -3.87. The highest BCUT2D eigenvalue weighted by molar-refractivity contribution is 7.89. The molecule has 25 heavy (non-hydrogen) atoms. The highest BCUT2D eigenvalue weighted by Crippen LogP contribution is 2.23. The molecule has 3 rings (SSSR count). The first-order chi connectivity index (χ1) is 11.8. The highest BCUT2D eigenvalue weighted by Gasteiger charge is 2.28. The number of aromatic nitrogens is 3. The number of benzene rings is 1. The maximum Gasteiger partial charge on any atom is 0.246 e. The number of nitrogens with zero attached hydrogens (tertiary/aromatic N) is 3. The fraction of sp³-hybridized carbons (Fsp3) is 0.267. The minimum atomic E-state index is -3.87. The summed E-state index contributed by atoms with van der Waals surface area (Å²) in [6.07, 6.45) is 0. The van der Waals surface area contributed by atoms with Crippen LogP contribution in [0.2, 0.25) is 0 Å². The molecule has 8 nitrogen and oxygen atoms in total. The Hall–Kier alpha value is -2.59. The maximum atomic E-state index is 13.0. The molecule has 10 heteroatoms. The smallest absolute Gasteiger partial charge is 0.246 e. The number of hydrogen-bond donors (Lipinski definition) is 1. The molecule has 0 aliphatic heterocycles. The lowest BCUT2D eigenvalue weighted by atomic mass is 10.2. The lowest BCUT2D eigenvalue weighted by Gasteiger charge is -2.09. The van der Waals surface area contributed by atoms with Crippen molar-refractivity contribution in [3.8, 4) is 11.4 Å². The van der Waals surface area contributed by atoms with Crippen molar-refractivity contribution in [1.29, 1.82) is 0 Å². The number of sulfonamides is 1. The minimum absolute atomic E-state index is 0.0161. The largest absolute Gasteiger partial charge is 0.360 e. The van der Waals surface area contributed by atoms with Gasteiger partial charge in [0.15, 0.2) is 5.76 Å². The van der Waals surface area contributed by atoms with E-state index in [9.17, 15) is 12.8 Å². The SMILES string of the molecule is Cc1noc(C)c1S(=O)(=O)NC(C)c1nc(-c2ccc(F)cc2)no1. The van der Waals surface area contributed by atoms with Crippen LogP contribution in [0.15, 0.2) is 38.2 Å². The zero-order valence-electron chi connectivity index (χ0n) is 13.6. The van der Waals surface area contributed by atoms with E-state index >= 15 is 0 Å². The van der Waals surface area contributed by atoms with Crippen LogP contribution in [0, 0.1) is 19.7 Å². The molecule has 0 aliphatic rings. The van der Waals surface area contributed by atoms with Crippen LogP contribution in [0.5, 0.6) is 0 Å². The van der Waals surface area contributed by atoms with Gasteiger partial charge in [0.25, 0.3) is 0 Å². The summed E-state index contributed by atoms with van der Waals surface area (Å²) >= 11 is 0. The molecule has 0 aliphatic carbocycles. The summed E-state index contributed by atoms with van der Waals surface area (Å²) in [5, 5.41) is 7.43. The van der Waals surface area contributed by atoms with E-state index in [-0.39, 0.29) is 33.9 Å². The molecular weight excluding hydrogens is 351 g/mol. The van der Waals surface area contributed by atoms with Crippen molar-refractivity contribution in [1.82, 2.24) is 20.0 Å². The van der Waals surface area contributed by atoms with Crippen LogP contribution in [-0.2, 0) is 10.0 Å². The van der Waals surface area contributed by atoms with E-state index in [0.717, 1.165) is 0 Å².